The summed E-state index contributed by atoms with van der Waals surface area (Å²) in [6.07, 6.45) is 5.36. The minimum Gasteiger partial charge on any atom is -0.317 e. The molecule has 0 bridgehead atoms. The summed E-state index contributed by atoms with van der Waals surface area (Å²) >= 11 is 0. The summed E-state index contributed by atoms with van der Waals surface area (Å²) in [6.45, 7) is 13.1. The summed E-state index contributed by atoms with van der Waals surface area (Å²) in [5.74, 6) is 1.59. The first-order chi connectivity index (χ1) is 8.75. The lowest BCUT2D eigenvalue weighted by Crippen LogP contribution is -2.47. The smallest absolute Gasteiger partial charge is 0.0105 e. The van der Waals surface area contributed by atoms with Gasteiger partial charge in [0.25, 0.3) is 0 Å². The molecule has 1 fully saturated rings. The summed E-state index contributed by atoms with van der Waals surface area (Å²) in [5, 5.41) is 3.55. The van der Waals surface area contributed by atoms with E-state index in [9.17, 15) is 0 Å². The third kappa shape index (κ3) is 5.43. The molecule has 0 aromatic rings. The molecule has 1 aliphatic carbocycles. The normalized spacial score (nSPS) is 28.9. The van der Waals surface area contributed by atoms with Crippen molar-refractivity contribution in [3.05, 3.63) is 0 Å². The second kappa shape index (κ2) is 7.08. The van der Waals surface area contributed by atoms with Crippen molar-refractivity contribution in [2.75, 3.05) is 20.6 Å². The molecule has 0 aromatic heterocycles. The molecule has 0 radical (unpaired) electrons. The SMILES string of the molecule is CNC1CCC(C)(C)CC1CN(C)C(C)CC(C)C. The molecule has 1 saturated carbocycles. The number of rotatable bonds is 6. The molecule has 2 heteroatoms. The van der Waals surface area contributed by atoms with Gasteiger partial charge in [-0.1, -0.05) is 27.7 Å². The van der Waals surface area contributed by atoms with Crippen LogP contribution in [0.4, 0.5) is 0 Å². The Morgan fingerprint density at radius 2 is 1.89 bits per heavy atom. The van der Waals surface area contributed by atoms with Crippen molar-refractivity contribution < 1.29 is 0 Å². The second-order valence-electron chi connectivity index (χ2n) is 7.98. The van der Waals surface area contributed by atoms with Crippen LogP contribution >= 0.6 is 0 Å². The molecule has 0 heterocycles. The molecule has 0 spiro atoms. The molecular formula is C17H36N2. The van der Waals surface area contributed by atoms with Crippen molar-refractivity contribution in [2.45, 2.75) is 72.4 Å². The highest BCUT2D eigenvalue weighted by Gasteiger charge is 2.34. The Labute approximate surface area is 121 Å². The molecule has 0 amide bonds. The molecule has 1 aliphatic rings. The minimum absolute atomic E-state index is 0.528. The van der Waals surface area contributed by atoms with Crippen LogP contribution in [-0.2, 0) is 0 Å². The van der Waals surface area contributed by atoms with E-state index in [0.717, 1.165) is 11.8 Å². The Hall–Kier alpha value is -0.0800. The monoisotopic (exact) mass is 268 g/mol. The third-order valence-electron chi connectivity index (χ3n) is 4.97. The summed E-state index contributed by atoms with van der Waals surface area (Å²) in [5.41, 5.74) is 0.528. The summed E-state index contributed by atoms with van der Waals surface area (Å²) in [7, 11) is 4.44. The van der Waals surface area contributed by atoms with E-state index in [2.05, 4.69) is 58.9 Å². The van der Waals surface area contributed by atoms with E-state index >= 15 is 0 Å². The van der Waals surface area contributed by atoms with E-state index in [1.165, 1.54) is 32.2 Å². The van der Waals surface area contributed by atoms with Crippen LogP contribution in [0.25, 0.3) is 0 Å². The minimum atomic E-state index is 0.528. The van der Waals surface area contributed by atoms with Crippen LogP contribution in [0.1, 0.15) is 60.3 Å². The Morgan fingerprint density at radius 1 is 1.26 bits per heavy atom. The molecule has 114 valence electrons. The zero-order valence-electron chi connectivity index (χ0n) is 14.3. The van der Waals surface area contributed by atoms with Gasteiger partial charge in [0, 0.05) is 18.6 Å². The number of nitrogens with zero attached hydrogens (tertiary/aromatic N) is 1. The molecule has 0 aliphatic heterocycles. The Kier molecular flexibility index (Phi) is 6.32. The highest BCUT2D eigenvalue weighted by atomic mass is 15.1. The van der Waals surface area contributed by atoms with Crippen LogP contribution in [0.2, 0.25) is 0 Å². The highest BCUT2D eigenvalue weighted by molar-refractivity contribution is 4.89. The van der Waals surface area contributed by atoms with Gasteiger partial charge in [0.2, 0.25) is 0 Å². The van der Waals surface area contributed by atoms with Gasteiger partial charge in [-0.05, 0) is 64.0 Å². The first-order valence-corrected chi connectivity index (χ1v) is 8.12. The number of nitrogens with one attached hydrogen (secondary N) is 1. The summed E-state index contributed by atoms with van der Waals surface area (Å²) in [4.78, 5) is 2.58. The van der Waals surface area contributed by atoms with Gasteiger partial charge in [-0.2, -0.15) is 0 Å². The van der Waals surface area contributed by atoms with Gasteiger partial charge in [0.1, 0.15) is 0 Å². The quantitative estimate of drug-likeness (QED) is 0.789. The van der Waals surface area contributed by atoms with Crippen LogP contribution in [0.3, 0.4) is 0 Å². The van der Waals surface area contributed by atoms with Crippen molar-refractivity contribution in [3.63, 3.8) is 0 Å². The first-order valence-electron chi connectivity index (χ1n) is 8.12. The van der Waals surface area contributed by atoms with Gasteiger partial charge < -0.3 is 10.2 Å². The fourth-order valence-corrected chi connectivity index (χ4v) is 3.72. The van der Waals surface area contributed by atoms with Crippen molar-refractivity contribution in [2.24, 2.45) is 17.3 Å². The molecule has 2 nitrogen and oxygen atoms in total. The largest absolute Gasteiger partial charge is 0.317 e. The Bertz CT molecular complexity index is 260. The maximum absolute atomic E-state index is 3.55. The zero-order valence-corrected chi connectivity index (χ0v) is 14.3. The predicted molar refractivity (Wildman–Crippen MR) is 85.5 cm³/mol. The lowest BCUT2D eigenvalue weighted by molar-refractivity contribution is 0.0954. The fraction of sp³-hybridized carbons (Fsp3) is 1.00. The third-order valence-corrected chi connectivity index (χ3v) is 4.97. The predicted octanol–water partition coefficient (Wildman–Crippen LogP) is 3.77. The van der Waals surface area contributed by atoms with E-state index in [4.69, 9.17) is 0 Å². The van der Waals surface area contributed by atoms with E-state index in [1.807, 2.05) is 0 Å². The van der Waals surface area contributed by atoms with Crippen LogP contribution < -0.4 is 5.32 Å². The molecule has 19 heavy (non-hydrogen) atoms. The van der Waals surface area contributed by atoms with Crippen LogP contribution in [0.5, 0.6) is 0 Å². The van der Waals surface area contributed by atoms with E-state index in [-0.39, 0.29) is 0 Å². The zero-order chi connectivity index (χ0) is 14.6. The van der Waals surface area contributed by atoms with E-state index in [0.29, 0.717) is 17.5 Å². The van der Waals surface area contributed by atoms with Crippen molar-refractivity contribution >= 4 is 0 Å². The van der Waals surface area contributed by atoms with Crippen LogP contribution in [-0.4, -0.2) is 37.6 Å². The van der Waals surface area contributed by atoms with Gasteiger partial charge in [0.05, 0.1) is 0 Å². The fourth-order valence-electron chi connectivity index (χ4n) is 3.72. The van der Waals surface area contributed by atoms with Crippen molar-refractivity contribution in [1.82, 2.24) is 10.2 Å². The van der Waals surface area contributed by atoms with Crippen molar-refractivity contribution in [3.8, 4) is 0 Å². The van der Waals surface area contributed by atoms with Gasteiger partial charge in [-0.15, -0.1) is 0 Å². The lowest BCUT2D eigenvalue weighted by Gasteiger charge is -2.43. The maximum atomic E-state index is 3.55. The van der Waals surface area contributed by atoms with Gasteiger partial charge >= 0.3 is 0 Å². The van der Waals surface area contributed by atoms with Gasteiger partial charge in [-0.25, -0.2) is 0 Å². The molecule has 1 N–H and O–H groups in total. The van der Waals surface area contributed by atoms with E-state index < -0.39 is 0 Å². The topological polar surface area (TPSA) is 15.3 Å². The maximum Gasteiger partial charge on any atom is 0.0105 e. The molecule has 0 saturated heterocycles. The molecule has 1 rings (SSSR count). The second-order valence-corrected chi connectivity index (χ2v) is 7.98. The lowest BCUT2D eigenvalue weighted by atomic mass is 9.69. The highest BCUT2D eigenvalue weighted by Crippen LogP contribution is 2.39. The first kappa shape index (κ1) is 17.0. The Balaban J connectivity index is 2.56. The number of hydrogen-bond acceptors (Lipinski definition) is 2. The van der Waals surface area contributed by atoms with Crippen LogP contribution in [0, 0.1) is 17.3 Å². The van der Waals surface area contributed by atoms with Gasteiger partial charge in [0.15, 0.2) is 0 Å². The average molecular weight is 268 g/mol. The average Bonchev–Trinajstić information content (AvgIpc) is 2.27. The number of hydrogen-bond donors (Lipinski definition) is 1. The standard InChI is InChI=1S/C17H36N2/c1-13(2)10-14(3)19(7)12-15-11-17(4,5)9-8-16(15)18-6/h13-16,18H,8-12H2,1-7H3. The van der Waals surface area contributed by atoms with E-state index in [1.54, 1.807) is 0 Å². The molecular weight excluding hydrogens is 232 g/mol. The van der Waals surface area contributed by atoms with Gasteiger partial charge in [-0.3, -0.25) is 0 Å². The summed E-state index contributed by atoms with van der Waals surface area (Å²) < 4.78 is 0. The summed E-state index contributed by atoms with van der Waals surface area (Å²) in [6, 6.07) is 1.41. The molecule has 3 unspecified atom stereocenters. The van der Waals surface area contributed by atoms with Crippen molar-refractivity contribution in [1.29, 1.82) is 0 Å². The van der Waals surface area contributed by atoms with Crippen LogP contribution in [0.15, 0.2) is 0 Å². The Morgan fingerprint density at radius 3 is 2.42 bits per heavy atom. The molecule has 0 aromatic carbocycles. The molecule has 3 atom stereocenters.